The smallest absolute Gasteiger partial charge is 0.341 e. The van der Waals surface area contributed by atoms with Gasteiger partial charge in [-0.15, -0.1) is 11.3 Å². The molecule has 0 atom stereocenters. The Labute approximate surface area is 174 Å². The van der Waals surface area contributed by atoms with Crippen LogP contribution in [-0.4, -0.2) is 39.8 Å². The number of carbonyl (C=O) groups is 2. The second-order valence-corrected chi connectivity index (χ2v) is 7.53. The van der Waals surface area contributed by atoms with Crippen LogP contribution in [-0.2, 0) is 11.2 Å². The van der Waals surface area contributed by atoms with Crippen molar-refractivity contribution in [3.63, 3.8) is 0 Å². The van der Waals surface area contributed by atoms with Gasteiger partial charge in [0.1, 0.15) is 5.00 Å². The van der Waals surface area contributed by atoms with E-state index in [-0.39, 0.29) is 6.61 Å². The summed E-state index contributed by atoms with van der Waals surface area (Å²) in [6.07, 6.45) is 0.713. The SMILES string of the molecule is CCOC(=O)c1c(CC(C)C)csc1NC(=O)c1cc(OC)c(OC)c(OC)c1. The molecular weight excluding hydrogens is 394 g/mol. The van der Waals surface area contributed by atoms with Crippen LogP contribution in [0.15, 0.2) is 17.5 Å². The van der Waals surface area contributed by atoms with Crippen molar-refractivity contribution < 1.29 is 28.5 Å². The van der Waals surface area contributed by atoms with Gasteiger partial charge in [0, 0.05) is 5.56 Å². The normalized spacial score (nSPS) is 10.6. The van der Waals surface area contributed by atoms with Crippen molar-refractivity contribution in [3.8, 4) is 17.2 Å². The van der Waals surface area contributed by atoms with Gasteiger partial charge < -0.3 is 24.3 Å². The molecule has 1 N–H and O–H groups in total. The molecule has 1 aromatic carbocycles. The van der Waals surface area contributed by atoms with Crippen LogP contribution in [0.2, 0.25) is 0 Å². The van der Waals surface area contributed by atoms with Crippen LogP contribution in [0.5, 0.6) is 17.2 Å². The number of hydrogen-bond acceptors (Lipinski definition) is 7. The number of nitrogens with one attached hydrogen (secondary N) is 1. The summed E-state index contributed by atoms with van der Waals surface area (Å²) in [5, 5.41) is 5.17. The predicted octanol–water partition coefficient (Wildman–Crippen LogP) is 4.40. The third-order valence-corrected chi connectivity index (χ3v) is 5.07. The lowest BCUT2D eigenvalue weighted by atomic mass is 10.0. The molecule has 0 aliphatic heterocycles. The first-order valence-electron chi connectivity index (χ1n) is 9.24. The van der Waals surface area contributed by atoms with E-state index in [1.54, 1.807) is 19.1 Å². The summed E-state index contributed by atoms with van der Waals surface area (Å²) in [6.45, 7) is 6.15. The highest BCUT2D eigenvalue weighted by molar-refractivity contribution is 7.15. The molecule has 2 aromatic rings. The maximum atomic E-state index is 12.9. The van der Waals surface area contributed by atoms with E-state index < -0.39 is 11.9 Å². The van der Waals surface area contributed by atoms with E-state index in [1.165, 1.54) is 32.7 Å². The predicted molar refractivity (Wildman–Crippen MR) is 113 cm³/mol. The summed E-state index contributed by atoms with van der Waals surface area (Å²) in [5.41, 5.74) is 1.59. The summed E-state index contributed by atoms with van der Waals surface area (Å²) in [6, 6.07) is 3.12. The first-order chi connectivity index (χ1) is 13.9. The topological polar surface area (TPSA) is 83.1 Å². The van der Waals surface area contributed by atoms with Gasteiger partial charge in [-0.05, 0) is 42.3 Å². The second kappa shape index (κ2) is 10.2. The van der Waals surface area contributed by atoms with E-state index in [4.69, 9.17) is 18.9 Å². The van der Waals surface area contributed by atoms with Crippen LogP contribution < -0.4 is 19.5 Å². The molecule has 158 valence electrons. The summed E-state index contributed by atoms with van der Waals surface area (Å²) >= 11 is 1.30. The van der Waals surface area contributed by atoms with Crippen molar-refractivity contribution in [1.29, 1.82) is 0 Å². The number of carbonyl (C=O) groups excluding carboxylic acids is 2. The number of esters is 1. The molecule has 0 aliphatic carbocycles. The van der Waals surface area contributed by atoms with Crippen LogP contribution in [0.4, 0.5) is 5.00 Å². The standard InChI is InChI=1S/C21H27NO6S/c1-7-28-21(24)17-14(8-12(2)3)11-29-20(17)22-19(23)13-9-15(25-4)18(27-6)16(10-13)26-5/h9-12H,7-8H2,1-6H3,(H,22,23). The van der Waals surface area contributed by atoms with Crippen molar-refractivity contribution >= 4 is 28.2 Å². The van der Waals surface area contributed by atoms with Crippen LogP contribution in [0, 0.1) is 5.92 Å². The number of methoxy groups -OCH3 is 3. The minimum Gasteiger partial charge on any atom is -0.493 e. The Balaban J connectivity index is 2.40. The molecule has 1 amide bonds. The van der Waals surface area contributed by atoms with Crippen LogP contribution in [0.3, 0.4) is 0 Å². The number of benzene rings is 1. The molecule has 0 fully saturated rings. The van der Waals surface area contributed by atoms with Gasteiger partial charge in [0.25, 0.3) is 5.91 Å². The fourth-order valence-corrected chi connectivity index (χ4v) is 3.85. The van der Waals surface area contributed by atoms with E-state index in [1.807, 2.05) is 5.38 Å². The van der Waals surface area contributed by atoms with E-state index in [0.29, 0.717) is 45.7 Å². The van der Waals surface area contributed by atoms with Gasteiger partial charge in [-0.3, -0.25) is 4.79 Å². The second-order valence-electron chi connectivity index (χ2n) is 6.65. The maximum Gasteiger partial charge on any atom is 0.341 e. The Kier molecular flexibility index (Phi) is 7.90. The minimum absolute atomic E-state index is 0.260. The third kappa shape index (κ3) is 5.20. The van der Waals surface area contributed by atoms with Crippen molar-refractivity contribution in [3.05, 3.63) is 34.2 Å². The third-order valence-electron chi connectivity index (χ3n) is 4.13. The van der Waals surface area contributed by atoms with Crippen molar-refractivity contribution in [2.75, 3.05) is 33.3 Å². The van der Waals surface area contributed by atoms with Gasteiger partial charge in [-0.1, -0.05) is 13.8 Å². The Morgan fingerprint density at radius 2 is 1.69 bits per heavy atom. The monoisotopic (exact) mass is 421 g/mol. The molecule has 29 heavy (non-hydrogen) atoms. The Morgan fingerprint density at radius 3 is 2.17 bits per heavy atom. The Hall–Kier alpha value is -2.74. The summed E-state index contributed by atoms with van der Waals surface area (Å²) < 4.78 is 21.1. The number of ether oxygens (including phenoxy) is 4. The zero-order chi connectivity index (χ0) is 21.6. The average molecular weight is 422 g/mol. The Bertz CT molecular complexity index is 849. The lowest BCUT2D eigenvalue weighted by Gasteiger charge is -2.14. The molecule has 0 saturated heterocycles. The Morgan fingerprint density at radius 1 is 1.07 bits per heavy atom. The highest BCUT2D eigenvalue weighted by Gasteiger charge is 2.24. The molecule has 1 aromatic heterocycles. The molecule has 7 nitrogen and oxygen atoms in total. The number of rotatable bonds is 9. The minimum atomic E-state index is -0.440. The highest BCUT2D eigenvalue weighted by Crippen LogP contribution is 2.39. The van der Waals surface area contributed by atoms with E-state index >= 15 is 0 Å². The molecule has 0 aliphatic rings. The van der Waals surface area contributed by atoms with Crippen LogP contribution >= 0.6 is 11.3 Å². The van der Waals surface area contributed by atoms with Gasteiger partial charge in [0.05, 0.1) is 33.5 Å². The molecule has 0 unspecified atom stereocenters. The summed E-state index contributed by atoms with van der Waals surface area (Å²) in [4.78, 5) is 25.4. The van der Waals surface area contributed by atoms with E-state index in [2.05, 4.69) is 19.2 Å². The molecule has 2 rings (SSSR count). The summed E-state index contributed by atoms with van der Waals surface area (Å²) in [7, 11) is 4.46. The van der Waals surface area contributed by atoms with E-state index in [9.17, 15) is 9.59 Å². The van der Waals surface area contributed by atoms with Crippen LogP contribution in [0.1, 0.15) is 47.1 Å². The van der Waals surface area contributed by atoms with Gasteiger partial charge >= 0.3 is 5.97 Å². The fraction of sp³-hybridized carbons (Fsp3) is 0.429. The first kappa shape index (κ1) is 22.5. The van der Waals surface area contributed by atoms with Gasteiger partial charge in [-0.2, -0.15) is 0 Å². The number of hydrogen-bond donors (Lipinski definition) is 1. The van der Waals surface area contributed by atoms with Gasteiger partial charge in [0.15, 0.2) is 11.5 Å². The van der Waals surface area contributed by atoms with Crippen molar-refractivity contribution in [1.82, 2.24) is 0 Å². The quantitative estimate of drug-likeness (QED) is 0.604. The maximum absolute atomic E-state index is 12.9. The van der Waals surface area contributed by atoms with Gasteiger partial charge in [-0.25, -0.2) is 4.79 Å². The molecule has 1 heterocycles. The largest absolute Gasteiger partial charge is 0.493 e. The number of amides is 1. The van der Waals surface area contributed by atoms with Crippen molar-refractivity contribution in [2.45, 2.75) is 27.2 Å². The number of anilines is 1. The molecule has 8 heteroatoms. The highest BCUT2D eigenvalue weighted by atomic mass is 32.1. The molecule has 0 spiro atoms. The van der Waals surface area contributed by atoms with E-state index in [0.717, 1.165) is 5.56 Å². The van der Waals surface area contributed by atoms with Gasteiger partial charge in [0.2, 0.25) is 5.75 Å². The molecular formula is C21H27NO6S. The lowest BCUT2D eigenvalue weighted by Crippen LogP contribution is -2.16. The molecule has 0 bridgehead atoms. The first-order valence-corrected chi connectivity index (χ1v) is 10.1. The molecule has 0 saturated carbocycles. The van der Waals surface area contributed by atoms with Crippen molar-refractivity contribution in [2.24, 2.45) is 5.92 Å². The molecule has 0 radical (unpaired) electrons. The fourth-order valence-electron chi connectivity index (χ4n) is 2.89. The zero-order valence-electron chi connectivity index (χ0n) is 17.6. The lowest BCUT2D eigenvalue weighted by molar-refractivity contribution is 0.0527. The van der Waals surface area contributed by atoms with Crippen LogP contribution in [0.25, 0.3) is 0 Å². The number of thiophene rings is 1. The zero-order valence-corrected chi connectivity index (χ0v) is 18.4. The summed E-state index contributed by atoms with van der Waals surface area (Å²) in [5.74, 6) is 0.659. The average Bonchev–Trinajstić information content (AvgIpc) is 3.08.